The molecule has 1 N–H and O–H groups in total. The Hall–Kier alpha value is -1.86. The second kappa shape index (κ2) is 5.73. The summed E-state index contributed by atoms with van der Waals surface area (Å²) in [6.45, 7) is 0.528. The van der Waals surface area contributed by atoms with Crippen molar-refractivity contribution in [1.82, 2.24) is 14.3 Å². The van der Waals surface area contributed by atoms with E-state index in [0.717, 1.165) is 18.5 Å². The normalized spacial score (nSPS) is 19.5. The first-order valence-corrected chi connectivity index (χ1v) is 8.72. The number of nitrogens with one attached hydrogen (secondary N) is 1. The number of hydrogen-bond acceptors (Lipinski definition) is 4. The Kier molecular flexibility index (Phi) is 3.92. The minimum absolute atomic E-state index is 0.206. The first-order chi connectivity index (χ1) is 10.5. The molecule has 6 nitrogen and oxygen atoms in total. The van der Waals surface area contributed by atoms with Gasteiger partial charge in [-0.2, -0.15) is 4.31 Å². The van der Waals surface area contributed by atoms with E-state index in [2.05, 4.69) is 9.97 Å². The van der Waals surface area contributed by atoms with Crippen molar-refractivity contribution in [2.75, 3.05) is 25.5 Å². The number of aromatic nitrogens is 2. The first-order valence-electron chi connectivity index (χ1n) is 7.28. The van der Waals surface area contributed by atoms with Gasteiger partial charge in [-0.3, -0.25) is 0 Å². The van der Waals surface area contributed by atoms with Crippen LogP contribution in [0.1, 0.15) is 24.7 Å². The van der Waals surface area contributed by atoms with Gasteiger partial charge in [0, 0.05) is 38.7 Å². The van der Waals surface area contributed by atoms with Crippen LogP contribution in [0.15, 0.2) is 41.6 Å². The predicted molar refractivity (Wildman–Crippen MR) is 85.2 cm³/mol. The Bertz CT molecular complexity index is 741. The molecule has 1 aromatic carbocycles. The molecule has 1 atom stereocenters. The molecular formula is C15H20N4O2S. The molecule has 0 amide bonds. The Balaban J connectivity index is 1.97. The molecule has 0 radical (unpaired) electrons. The highest BCUT2D eigenvalue weighted by Crippen LogP contribution is 2.35. The van der Waals surface area contributed by atoms with Gasteiger partial charge in [0.05, 0.1) is 10.9 Å². The Morgan fingerprint density at radius 3 is 2.86 bits per heavy atom. The standard InChI is InChI=1S/C15H20N4O2S/c1-18(2)12-5-3-6-13(11-12)22(20,21)19-10-4-7-14(19)15-16-8-9-17-15/h3,5-6,8-9,11,14H,4,7,10H2,1-2H3,(H,16,17). The van der Waals surface area contributed by atoms with Gasteiger partial charge in [-0.25, -0.2) is 13.4 Å². The van der Waals surface area contributed by atoms with Gasteiger partial charge in [0.1, 0.15) is 5.82 Å². The smallest absolute Gasteiger partial charge is 0.243 e. The van der Waals surface area contributed by atoms with E-state index >= 15 is 0 Å². The van der Waals surface area contributed by atoms with Crippen molar-refractivity contribution in [2.24, 2.45) is 0 Å². The molecule has 1 saturated heterocycles. The molecule has 1 unspecified atom stereocenters. The SMILES string of the molecule is CN(C)c1cccc(S(=O)(=O)N2CCCC2c2ncc[nH]2)c1. The van der Waals surface area contributed by atoms with E-state index in [1.54, 1.807) is 34.9 Å². The zero-order valence-electron chi connectivity index (χ0n) is 12.7. The van der Waals surface area contributed by atoms with Crippen molar-refractivity contribution in [3.05, 3.63) is 42.5 Å². The van der Waals surface area contributed by atoms with Gasteiger partial charge in [-0.1, -0.05) is 6.07 Å². The van der Waals surface area contributed by atoms with E-state index < -0.39 is 10.0 Å². The van der Waals surface area contributed by atoms with Gasteiger partial charge in [0.15, 0.2) is 0 Å². The molecule has 1 aromatic heterocycles. The fourth-order valence-corrected chi connectivity index (χ4v) is 4.52. The van der Waals surface area contributed by atoms with Crippen LogP contribution in [0.5, 0.6) is 0 Å². The van der Waals surface area contributed by atoms with E-state index in [4.69, 9.17) is 0 Å². The molecule has 22 heavy (non-hydrogen) atoms. The van der Waals surface area contributed by atoms with Gasteiger partial charge in [0.2, 0.25) is 10.0 Å². The van der Waals surface area contributed by atoms with Gasteiger partial charge >= 0.3 is 0 Å². The van der Waals surface area contributed by atoms with Crippen LogP contribution in [0.3, 0.4) is 0 Å². The van der Waals surface area contributed by atoms with Crippen LogP contribution in [0.2, 0.25) is 0 Å². The number of imidazole rings is 1. The van der Waals surface area contributed by atoms with Crippen molar-refractivity contribution >= 4 is 15.7 Å². The molecule has 2 heterocycles. The lowest BCUT2D eigenvalue weighted by Gasteiger charge is -2.23. The fourth-order valence-electron chi connectivity index (χ4n) is 2.82. The fraction of sp³-hybridized carbons (Fsp3) is 0.400. The van der Waals surface area contributed by atoms with Gasteiger partial charge in [0.25, 0.3) is 0 Å². The van der Waals surface area contributed by atoms with Crippen LogP contribution in [-0.2, 0) is 10.0 Å². The van der Waals surface area contributed by atoms with Crippen LogP contribution >= 0.6 is 0 Å². The molecular weight excluding hydrogens is 300 g/mol. The van der Waals surface area contributed by atoms with Crippen LogP contribution in [0.4, 0.5) is 5.69 Å². The molecule has 0 aliphatic carbocycles. The lowest BCUT2D eigenvalue weighted by molar-refractivity contribution is 0.385. The lowest BCUT2D eigenvalue weighted by atomic mass is 10.2. The molecule has 7 heteroatoms. The topological polar surface area (TPSA) is 69.3 Å². The third-order valence-corrected chi connectivity index (χ3v) is 5.88. The van der Waals surface area contributed by atoms with Crippen molar-refractivity contribution in [3.63, 3.8) is 0 Å². The highest BCUT2D eigenvalue weighted by atomic mass is 32.2. The van der Waals surface area contributed by atoms with Gasteiger partial charge < -0.3 is 9.88 Å². The van der Waals surface area contributed by atoms with Crippen molar-refractivity contribution in [3.8, 4) is 0 Å². The summed E-state index contributed by atoms with van der Waals surface area (Å²) in [6, 6.07) is 6.84. The van der Waals surface area contributed by atoms with Crippen molar-refractivity contribution in [2.45, 2.75) is 23.8 Å². The lowest BCUT2D eigenvalue weighted by Crippen LogP contribution is -2.31. The summed E-state index contributed by atoms with van der Waals surface area (Å²) < 4.78 is 27.5. The van der Waals surface area contributed by atoms with Gasteiger partial charge in [-0.05, 0) is 31.0 Å². The molecule has 3 rings (SSSR count). The van der Waals surface area contributed by atoms with Gasteiger partial charge in [-0.15, -0.1) is 0 Å². The largest absolute Gasteiger partial charge is 0.378 e. The number of aromatic amines is 1. The number of anilines is 1. The van der Waals surface area contributed by atoms with E-state index in [9.17, 15) is 8.42 Å². The second-order valence-corrected chi connectivity index (χ2v) is 7.53. The summed E-state index contributed by atoms with van der Waals surface area (Å²) in [5, 5.41) is 0. The average molecular weight is 320 g/mol. The third kappa shape index (κ3) is 2.62. The van der Waals surface area contributed by atoms with Crippen LogP contribution in [0.25, 0.3) is 0 Å². The quantitative estimate of drug-likeness (QED) is 0.935. The van der Waals surface area contributed by atoms with Crippen LogP contribution < -0.4 is 4.90 Å². The minimum atomic E-state index is -3.52. The van der Waals surface area contributed by atoms with E-state index in [1.165, 1.54) is 0 Å². The Morgan fingerprint density at radius 1 is 1.36 bits per heavy atom. The predicted octanol–water partition coefficient (Wildman–Crippen LogP) is 2.00. The number of rotatable bonds is 4. The molecule has 1 fully saturated rings. The molecule has 0 saturated carbocycles. The summed E-state index contributed by atoms with van der Waals surface area (Å²) in [5.74, 6) is 0.713. The number of hydrogen-bond donors (Lipinski definition) is 1. The average Bonchev–Trinajstić information content (AvgIpc) is 3.18. The van der Waals surface area contributed by atoms with E-state index in [1.807, 2.05) is 25.1 Å². The van der Waals surface area contributed by atoms with Crippen molar-refractivity contribution < 1.29 is 8.42 Å². The summed E-state index contributed by atoms with van der Waals surface area (Å²) >= 11 is 0. The second-order valence-electron chi connectivity index (χ2n) is 5.64. The molecule has 1 aliphatic rings. The van der Waals surface area contributed by atoms with Crippen LogP contribution in [0, 0.1) is 0 Å². The Labute approximate surface area is 130 Å². The number of H-pyrrole nitrogens is 1. The van der Waals surface area contributed by atoms with Crippen molar-refractivity contribution in [1.29, 1.82) is 0 Å². The molecule has 0 bridgehead atoms. The third-order valence-electron chi connectivity index (χ3n) is 3.98. The highest BCUT2D eigenvalue weighted by molar-refractivity contribution is 7.89. The maximum Gasteiger partial charge on any atom is 0.243 e. The summed E-state index contributed by atoms with van der Waals surface area (Å²) in [4.78, 5) is 9.49. The molecule has 0 spiro atoms. The number of sulfonamides is 1. The van der Waals surface area contributed by atoms with E-state index in [-0.39, 0.29) is 6.04 Å². The summed E-state index contributed by atoms with van der Waals surface area (Å²) in [6.07, 6.45) is 5.02. The number of nitrogens with zero attached hydrogens (tertiary/aromatic N) is 3. The zero-order valence-corrected chi connectivity index (χ0v) is 13.5. The summed E-state index contributed by atoms with van der Waals surface area (Å²) in [7, 11) is 0.269. The van der Waals surface area contributed by atoms with E-state index in [0.29, 0.717) is 17.3 Å². The summed E-state index contributed by atoms with van der Waals surface area (Å²) in [5.41, 5.74) is 0.870. The van der Waals surface area contributed by atoms with Crippen LogP contribution in [-0.4, -0.2) is 43.3 Å². The molecule has 1 aliphatic heterocycles. The number of benzene rings is 1. The maximum atomic E-state index is 13.0. The monoisotopic (exact) mass is 320 g/mol. The maximum absolute atomic E-state index is 13.0. The highest BCUT2D eigenvalue weighted by Gasteiger charge is 2.37. The Morgan fingerprint density at radius 2 is 2.18 bits per heavy atom. The molecule has 2 aromatic rings. The first kappa shape index (κ1) is 15.1. The molecule has 118 valence electrons. The minimum Gasteiger partial charge on any atom is -0.378 e. The zero-order chi connectivity index (χ0) is 15.7.